The average molecular weight is 393 g/mol. The molecule has 3 rings (SSSR count). The van der Waals surface area contributed by atoms with Crippen LogP contribution in [-0.2, 0) is 4.74 Å². The second-order valence-corrected chi connectivity index (χ2v) is 8.05. The summed E-state index contributed by atoms with van der Waals surface area (Å²) < 4.78 is 5.50. The van der Waals surface area contributed by atoms with Gasteiger partial charge in [0.1, 0.15) is 16.3 Å². The Hall–Kier alpha value is -2.19. The molecule has 8 nitrogen and oxygen atoms in total. The molecular formula is C18H25ClN6O2. The van der Waals surface area contributed by atoms with Crippen molar-refractivity contribution in [3.63, 3.8) is 0 Å². The van der Waals surface area contributed by atoms with E-state index in [0.717, 1.165) is 6.54 Å². The van der Waals surface area contributed by atoms with Gasteiger partial charge in [0.15, 0.2) is 5.82 Å². The highest BCUT2D eigenvalue weighted by Crippen LogP contribution is 2.21. The van der Waals surface area contributed by atoms with Gasteiger partial charge in [-0.05, 0) is 27.8 Å². The van der Waals surface area contributed by atoms with Crippen molar-refractivity contribution in [3.05, 3.63) is 23.6 Å². The number of halogens is 1. The van der Waals surface area contributed by atoms with E-state index in [0.29, 0.717) is 41.6 Å². The van der Waals surface area contributed by atoms with Crippen molar-refractivity contribution in [3.8, 4) is 0 Å². The highest BCUT2D eigenvalue weighted by Gasteiger charge is 2.30. The maximum Gasteiger partial charge on any atom is 0.410 e. The van der Waals surface area contributed by atoms with Gasteiger partial charge >= 0.3 is 6.09 Å². The van der Waals surface area contributed by atoms with Crippen LogP contribution in [0.25, 0.3) is 11.0 Å². The minimum absolute atomic E-state index is 0.110. The number of piperazine rings is 1. The fourth-order valence-electron chi connectivity index (χ4n) is 2.94. The van der Waals surface area contributed by atoms with E-state index in [1.165, 1.54) is 0 Å². The fraction of sp³-hybridized carbons (Fsp3) is 0.556. The molecule has 2 aromatic rings. The summed E-state index contributed by atoms with van der Waals surface area (Å²) in [6, 6.07) is 1.80. The molecule has 1 aliphatic heterocycles. The number of hydrogen-bond acceptors (Lipinski definition) is 7. The number of rotatable bonds is 3. The summed E-state index contributed by atoms with van der Waals surface area (Å²) in [4.78, 5) is 29.3. The average Bonchev–Trinajstić information content (AvgIpc) is 2.59. The third-order valence-corrected chi connectivity index (χ3v) is 4.55. The molecule has 2 aromatic heterocycles. The number of aromatic nitrogens is 3. The molecule has 1 saturated heterocycles. The molecule has 1 atom stereocenters. The Bertz CT molecular complexity index is 825. The van der Waals surface area contributed by atoms with Crippen LogP contribution in [0.5, 0.6) is 0 Å². The topological polar surface area (TPSA) is 83.5 Å². The van der Waals surface area contributed by atoms with E-state index in [1.807, 2.05) is 27.8 Å². The first-order valence-corrected chi connectivity index (χ1v) is 9.30. The maximum atomic E-state index is 12.4. The second-order valence-electron chi connectivity index (χ2n) is 7.66. The largest absolute Gasteiger partial charge is 0.444 e. The van der Waals surface area contributed by atoms with Crippen molar-refractivity contribution >= 4 is 34.5 Å². The quantitative estimate of drug-likeness (QED) is 0.804. The first-order chi connectivity index (χ1) is 12.7. The first-order valence-electron chi connectivity index (χ1n) is 8.92. The minimum Gasteiger partial charge on any atom is -0.444 e. The third-order valence-electron chi connectivity index (χ3n) is 4.36. The van der Waals surface area contributed by atoms with Gasteiger partial charge in [-0.1, -0.05) is 11.6 Å². The number of likely N-dealkylation sites (N-methyl/N-ethyl adjacent to an activating group) is 1. The zero-order valence-electron chi connectivity index (χ0n) is 16.1. The molecule has 0 aliphatic carbocycles. The lowest BCUT2D eigenvalue weighted by molar-refractivity contribution is 0.00883. The summed E-state index contributed by atoms with van der Waals surface area (Å²) in [5, 5.41) is 3.68. The summed E-state index contributed by atoms with van der Waals surface area (Å²) in [5.74, 6) is 0.591. The molecular weight excluding hydrogens is 368 g/mol. The van der Waals surface area contributed by atoms with Crippen LogP contribution in [0.1, 0.15) is 20.8 Å². The predicted molar refractivity (Wildman–Crippen MR) is 105 cm³/mol. The van der Waals surface area contributed by atoms with E-state index in [1.54, 1.807) is 23.4 Å². The standard InChI is InChI=1S/C18H25ClN6O2/c1-18(2,3)27-17(26)25-8-7-24(4)12(11-25)10-22-16-15-13(9-14(19)23-16)20-5-6-21-15/h5-6,9,12H,7-8,10-11H2,1-4H3,(H,22,23). The Morgan fingerprint density at radius 3 is 2.81 bits per heavy atom. The highest BCUT2D eigenvalue weighted by molar-refractivity contribution is 6.30. The fourth-order valence-corrected chi connectivity index (χ4v) is 3.13. The van der Waals surface area contributed by atoms with Crippen LogP contribution in [0.4, 0.5) is 10.6 Å². The van der Waals surface area contributed by atoms with Gasteiger partial charge in [-0.25, -0.2) is 14.8 Å². The lowest BCUT2D eigenvalue weighted by Gasteiger charge is -2.39. The van der Waals surface area contributed by atoms with Gasteiger partial charge in [-0.3, -0.25) is 9.88 Å². The number of carbonyl (C=O) groups is 1. The molecule has 1 aliphatic rings. The Morgan fingerprint density at radius 2 is 2.07 bits per heavy atom. The monoisotopic (exact) mass is 392 g/mol. The number of fused-ring (bicyclic) bond motifs is 1. The van der Waals surface area contributed by atoms with Gasteiger partial charge in [0.2, 0.25) is 0 Å². The molecule has 27 heavy (non-hydrogen) atoms. The molecule has 146 valence electrons. The molecule has 1 N–H and O–H groups in total. The van der Waals surface area contributed by atoms with Crippen molar-refractivity contribution in [1.82, 2.24) is 24.8 Å². The molecule has 1 unspecified atom stereocenters. The van der Waals surface area contributed by atoms with E-state index in [9.17, 15) is 4.79 Å². The van der Waals surface area contributed by atoms with Crippen LogP contribution in [0.2, 0.25) is 5.15 Å². The van der Waals surface area contributed by atoms with Crippen molar-refractivity contribution in [1.29, 1.82) is 0 Å². The molecule has 0 bridgehead atoms. The smallest absolute Gasteiger partial charge is 0.410 e. The third kappa shape index (κ3) is 4.95. The van der Waals surface area contributed by atoms with E-state index >= 15 is 0 Å². The van der Waals surface area contributed by atoms with E-state index in [2.05, 4.69) is 25.2 Å². The maximum absolute atomic E-state index is 12.4. The molecule has 1 fully saturated rings. The zero-order valence-corrected chi connectivity index (χ0v) is 16.8. The summed E-state index contributed by atoms with van der Waals surface area (Å²) in [6.07, 6.45) is 2.97. The summed E-state index contributed by atoms with van der Waals surface area (Å²) in [7, 11) is 2.04. The molecule has 0 spiro atoms. The van der Waals surface area contributed by atoms with Crippen molar-refractivity contribution in [2.45, 2.75) is 32.4 Å². The van der Waals surface area contributed by atoms with Crippen molar-refractivity contribution in [2.75, 3.05) is 38.5 Å². The summed E-state index contributed by atoms with van der Waals surface area (Å²) in [6.45, 7) is 8.20. The van der Waals surface area contributed by atoms with E-state index in [-0.39, 0.29) is 12.1 Å². The SMILES string of the molecule is CN1CCN(C(=O)OC(C)(C)C)CC1CNc1nc(Cl)cc2nccnc12. The second kappa shape index (κ2) is 7.82. The number of pyridine rings is 1. The number of nitrogens with zero attached hydrogens (tertiary/aromatic N) is 5. The Morgan fingerprint density at radius 1 is 1.33 bits per heavy atom. The van der Waals surface area contributed by atoms with Crippen LogP contribution in [0, 0.1) is 0 Å². The molecule has 0 aromatic carbocycles. The van der Waals surface area contributed by atoms with Gasteiger partial charge in [0, 0.05) is 50.7 Å². The van der Waals surface area contributed by atoms with Gasteiger partial charge < -0.3 is 15.0 Å². The normalized spacial score (nSPS) is 18.6. The van der Waals surface area contributed by atoms with Gasteiger partial charge in [0.25, 0.3) is 0 Å². The predicted octanol–water partition coefficient (Wildman–Crippen LogP) is 2.64. The molecule has 0 saturated carbocycles. The Balaban J connectivity index is 1.69. The van der Waals surface area contributed by atoms with Crippen molar-refractivity contribution in [2.24, 2.45) is 0 Å². The highest BCUT2D eigenvalue weighted by atomic mass is 35.5. The number of amides is 1. The minimum atomic E-state index is -0.504. The van der Waals surface area contributed by atoms with Crippen LogP contribution in [0.15, 0.2) is 18.5 Å². The zero-order chi connectivity index (χ0) is 19.6. The van der Waals surface area contributed by atoms with Crippen molar-refractivity contribution < 1.29 is 9.53 Å². The van der Waals surface area contributed by atoms with Crippen LogP contribution < -0.4 is 5.32 Å². The van der Waals surface area contributed by atoms with E-state index < -0.39 is 5.60 Å². The molecule has 3 heterocycles. The number of ether oxygens (including phenoxy) is 1. The van der Waals surface area contributed by atoms with Gasteiger partial charge in [-0.2, -0.15) is 0 Å². The Kier molecular flexibility index (Phi) is 5.67. The molecule has 0 radical (unpaired) electrons. The van der Waals surface area contributed by atoms with Gasteiger partial charge in [-0.15, -0.1) is 0 Å². The first kappa shape index (κ1) is 19.6. The summed E-state index contributed by atoms with van der Waals surface area (Å²) in [5.41, 5.74) is 0.855. The lowest BCUT2D eigenvalue weighted by atomic mass is 10.1. The number of anilines is 1. The lowest BCUT2D eigenvalue weighted by Crippen LogP contribution is -2.56. The van der Waals surface area contributed by atoms with Crippen LogP contribution in [-0.4, -0.2) is 75.7 Å². The molecule has 9 heteroatoms. The number of carbonyl (C=O) groups excluding carboxylic acids is 1. The number of nitrogens with one attached hydrogen (secondary N) is 1. The summed E-state index contributed by atoms with van der Waals surface area (Å²) >= 11 is 6.10. The van der Waals surface area contributed by atoms with Crippen LogP contribution >= 0.6 is 11.6 Å². The van der Waals surface area contributed by atoms with Crippen LogP contribution in [0.3, 0.4) is 0 Å². The molecule has 1 amide bonds. The Labute approximate surface area is 163 Å². The van der Waals surface area contributed by atoms with Gasteiger partial charge in [0.05, 0.1) is 5.52 Å². The van der Waals surface area contributed by atoms with E-state index in [4.69, 9.17) is 16.3 Å². The number of hydrogen-bond donors (Lipinski definition) is 1.